The van der Waals surface area contributed by atoms with Crippen LogP contribution in [0.25, 0.3) is 0 Å². The van der Waals surface area contributed by atoms with E-state index in [9.17, 15) is 0 Å². The van der Waals surface area contributed by atoms with Crippen molar-refractivity contribution in [1.82, 2.24) is 0 Å². The van der Waals surface area contributed by atoms with Gasteiger partial charge in [-0.3, -0.25) is 4.99 Å². The second-order valence-corrected chi connectivity index (χ2v) is 18.7. The molecular formula is C15H24N2SSi2. The highest BCUT2D eigenvalue weighted by molar-refractivity contribution is 7.26. The van der Waals surface area contributed by atoms with E-state index < -0.39 is 16.1 Å². The Morgan fingerprint density at radius 1 is 1.25 bits per heavy atom. The standard InChI is InChI=1S/C15H24N2SSi2/c1-19(2,3)8-7-11-9-13-12(15(16)17-11)10-14(18-13)20(4,5)6/h10-11H,9H2,1-6H3,(H2,16,17). The van der Waals surface area contributed by atoms with Crippen molar-refractivity contribution in [3.8, 4) is 11.5 Å². The number of thiophene rings is 1. The quantitative estimate of drug-likeness (QED) is 0.627. The van der Waals surface area contributed by atoms with Gasteiger partial charge < -0.3 is 5.73 Å². The van der Waals surface area contributed by atoms with Gasteiger partial charge >= 0.3 is 0 Å². The predicted molar refractivity (Wildman–Crippen MR) is 96.6 cm³/mol. The Morgan fingerprint density at radius 3 is 2.45 bits per heavy atom. The van der Waals surface area contributed by atoms with Crippen molar-refractivity contribution < 1.29 is 0 Å². The van der Waals surface area contributed by atoms with E-state index in [1.54, 1.807) is 0 Å². The summed E-state index contributed by atoms with van der Waals surface area (Å²) in [4.78, 5) is 5.97. The van der Waals surface area contributed by atoms with Crippen LogP contribution >= 0.6 is 11.3 Å². The lowest BCUT2D eigenvalue weighted by atomic mass is 10.1. The van der Waals surface area contributed by atoms with Gasteiger partial charge in [0.15, 0.2) is 0 Å². The van der Waals surface area contributed by atoms with Crippen LogP contribution in [0.5, 0.6) is 0 Å². The maximum Gasteiger partial charge on any atom is 0.129 e. The van der Waals surface area contributed by atoms with E-state index in [2.05, 4.69) is 61.8 Å². The van der Waals surface area contributed by atoms with Crippen LogP contribution in [-0.2, 0) is 6.42 Å². The van der Waals surface area contributed by atoms with Crippen molar-refractivity contribution in [3.05, 3.63) is 16.5 Å². The van der Waals surface area contributed by atoms with E-state index in [0.717, 1.165) is 6.42 Å². The molecule has 0 saturated carbocycles. The summed E-state index contributed by atoms with van der Waals surface area (Å²) >= 11 is 1.93. The van der Waals surface area contributed by atoms with Crippen LogP contribution in [0.4, 0.5) is 0 Å². The van der Waals surface area contributed by atoms with Crippen LogP contribution in [0.15, 0.2) is 11.1 Å². The largest absolute Gasteiger partial charge is 0.383 e. The molecule has 108 valence electrons. The number of amidine groups is 1. The third-order valence-electron chi connectivity index (χ3n) is 3.11. The summed E-state index contributed by atoms with van der Waals surface area (Å²) in [5.74, 6) is 4.03. The minimum atomic E-state index is -1.34. The average Bonchev–Trinajstić information content (AvgIpc) is 2.69. The molecule has 5 heteroatoms. The molecule has 1 atom stereocenters. The number of rotatable bonds is 1. The van der Waals surface area contributed by atoms with E-state index in [1.165, 1.54) is 14.9 Å². The predicted octanol–water partition coefficient (Wildman–Crippen LogP) is 2.80. The molecule has 0 spiro atoms. The average molecular weight is 321 g/mol. The lowest BCUT2D eigenvalue weighted by Gasteiger charge is -2.15. The molecule has 0 saturated heterocycles. The second kappa shape index (κ2) is 5.17. The minimum Gasteiger partial charge on any atom is -0.383 e. The summed E-state index contributed by atoms with van der Waals surface area (Å²) in [7, 11) is -2.61. The molecule has 1 aromatic rings. The molecular weight excluding hydrogens is 296 g/mol. The minimum absolute atomic E-state index is 0.0577. The van der Waals surface area contributed by atoms with Crippen molar-refractivity contribution in [3.63, 3.8) is 0 Å². The Kier molecular flexibility index (Phi) is 4.02. The summed E-state index contributed by atoms with van der Waals surface area (Å²) in [5.41, 5.74) is 10.7. The van der Waals surface area contributed by atoms with E-state index in [-0.39, 0.29) is 6.04 Å². The van der Waals surface area contributed by atoms with Gasteiger partial charge in [0.25, 0.3) is 0 Å². The first kappa shape index (κ1) is 15.6. The Labute approximate surface area is 128 Å². The van der Waals surface area contributed by atoms with Crippen molar-refractivity contribution in [2.75, 3.05) is 0 Å². The third-order valence-corrected chi connectivity index (χ3v) is 8.74. The Balaban J connectivity index is 2.31. The van der Waals surface area contributed by atoms with E-state index in [0.29, 0.717) is 5.84 Å². The molecule has 0 radical (unpaired) electrons. The smallest absolute Gasteiger partial charge is 0.129 e. The normalized spacial score (nSPS) is 18.9. The highest BCUT2D eigenvalue weighted by Crippen LogP contribution is 2.24. The van der Waals surface area contributed by atoms with Gasteiger partial charge in [-0.15, -0.1) is 16.9 Å². The molecule has 2 nitrogen and oxygen atoms in total. The molecule has 0 amide bonds. The number of fused-ring (bicyclic) bond motifs is 1. The van der Waals surface area contributed by atoms with Crippen molar-refractivity contribution in [1.29, 1.82) is 0 Å². The number of aliphatic imine (C=N–C) groups is 1. The lowest BCUT2D eigenvalue weighted by molar-refractivity contribution is 0.830. The zero-order valence-corrected chi connectivity index (χ0v) is 16.1. The Hall–Kier alpha value is -0.836. The number of nitrogens with two attached hydrogens (primary N) is 1. The van der Waals surface area contributed by atoms with Gasteiger partial charge in [0.05, 0.1) is 8.07 Å². The van der Waals surface area contributed by atoms with Gasteiger partial charge in [0.2, 0.25) is 0 Å². The number of hydrogen-bond acceptors (Lipinski definition) is 3. The van der Waals surface area contributed by atoms with E-state index >= 15 is 0 Å². The highest BCUT2D eigenvalue weighted by Gasteiger charge is 2.26. The zero-order chi connectivity index (χ0) is 15.1. The zero-order valence-electron chi connectivity index (χ0n) is 13.3. The molecule has 0 fully saturated rings. The molecule has 2 N–H and O–H groups in total. The van der Waals surface area contributed by atoms with Crippen LogP contribution in [0.2, 0.25) is 39.3 Å². The first-order valence-corrected chi connectivity index (χ1v) is 14.9. The van der Waals surface area contributed by atoms with Crippen LogP contribution in [0.3, 0.4) is 0 Å². The van der Waals surface area contributed by atoms with Gasteiger partial charge in [0, 0.05) is 16.9 Å². The molecule has 1 aliphatic heterocycles. The van der Waals surface area contributed by atoms with Crippen LogP contribution < -0.4 is 10.2 Å². The summed E-state index contributed by atoms with van der Waals surface area (Å²) in [6.07, 6.45) is 0.933. The molecule has 20 heavy (non-hydrogen) atoms. The van der Waals surface area contributed by atoms with Gasteiger partial charge in [-0.2, -0.15) is 0 Å². The summed E-state index contributed by atoms with van der Waals surface area (Å²) < 4.78 is 1.51. The van der Waals surface area contributed by atoms with Gasteiger partial charge in [0.1, 0.15) is 20.0 Å². The molecule has 2 heterocycles. The van der Waals surface area contributed by atoms with Crippen molar-refractivity contribution in [2.24, 2.45) is 10.7 Å². The van der Waals surface area contributed by atoms with E-state index in [1.807, 2.05) is 11.3 Å². The molecule has 1 aliphatic rings. The van der Waals surface area contributed by atoms with Gasteiger partial charge in [-0.25, -0.2) is 0 Å². The summed E-state index contributed by atoms with van der Waals surface area (Å²) in [6.45, 7) is 13.9. The summed E-state index contributed by atoms with van der Waals surface area (Å²) in [5, 5.41) is 0. The fourth-order valence-corrected chi connectivity index (χ4v) is 5.74. The Bertz CT molecular complexity index is 607. The second-order valence-electron chi connectivity index (χ2n) is 7.45. The molecule has 1 aromatic heterocycles. The molecule has 0 aromatic carbocycles. The van der Waals surface area contributed by atoms with Crippen molar-refractivity contribution in [2.45, 2.75) is 51.7 Å². The van der Waals surface area contributed by atoms with Gasteiger partial charge in [-0.05, 0) is 10.6 Å². The fraction of sp³-hybridized carbons (Fsp3) is 0.533. The van der Waals surface area contributed by atoms with Crippen LogP contribution in [0.1, 0.15) is 10.4 Å². The van der Waals surface area contributed by atoms with Gasteiger partial charge in [-0.1, -0.05) is 45.2 Å². The maximum absolute atomic E-state index is 6.15. The Morgan fingerprint density at radius 2 is 1.90 bits per heavy atom. The topological polar surface area (TPSA) is 38.4 Å². The fourth-order valence-electron chi connectivity index (χ4n) is 2.01. The first-order chi connectivity index (χ1) is 9.06. The van der Waals surface area contributed by atoms with Crippen molar-refractivity contribution >= 4 is 37.8 Å². The summed E-state index contributed by atoms with van der Waals surface area (Å²) in [6, 6.07) is 2.33. The third kappa shape index (κ3) is 3.63. The molecule has 1 unspecified atom stereocenters. The van der Waals surface area contributed by atoms with Crippen LogP contribution in [0, 0.1) is 11.5 Å². The molecule has 0 bridgehead atoms. The monoisotopic (exact) mass is 320 g/mol. The number of nitrogens with zero attached hydrogens (tertiary/aromatic N) is 1. The number of hydrogen-bond donors (Lipinski definition) is 1. The van der Waals surface area contributed by atoms with E-state index in [4.69, 9.17) is 5.73 Å². The molecule has 0 aliphatic carbocycles. The lowest BCUT2D eigenvalue weighted by Crippen LogP contribution is -2.35. The SMILES string of the molecule is C[Si](C)(C)C#CC1Cc2sc([Si](C)(C)C)cc2C(N)=N1. The first-order valence-electron chi connectivity index (χ1n) is 7.06. The maximum atomic E-state index is 6.15. The highest BCUT2D eigenvalue weighted by atomic mass is 32.1. The van der Waals surface area contributed by atoms with Crippen LogP contribution in [-0.4, -0.2) is 28.0 Å². The molecule has 2 rings (SSSR count).